The summed E-state index contributed by atoms with van der Waals surface area (Å²) in [6.07, 6.45) is 40.9. The van der Waals surface area contributed by atoms with Gasteiger partial charge in [-0.25, -0.2) is 0 Å². The quantitative estimate of drug-likeness (QED) is 0.0348. The molecule has 0 rings (SSSR count). The van der Waals surface area contributed by atoms with Crippen molar-refractivity contribution in [1.82, 2.24) is 0 Å². The van der Waals surface area contributed by atoms with Crippen molar-refractivity contribution in [3.63, 3.8) is 0 Å². The molecule has 0 saturated carbocycles. The van der Waals surface area contributed by atoms with Crippen molar-refractivity contribution in [3.05, 3.63) is 0 Å². The van der Waals surface area contributed by atoms with Crippen molar-refractivity contribution in [2.45, 2.75) is 272 Å². The molecule has 0 heterocycles. The van der Waals surface area contributed by atoms with Gasteiger partial charge in [0.2, 0.25) is 0 Å². The number of carbonyl (C=O) groups excluding carboxylic acids is 3. The fourth-order valence-corrected chi connectivity index (χ4v) is 7.25. The van der Waals surface area contributed by atoms with E-state index in [2.05, 4.69) is 34.6 Å². The molecule has 0 aliphatic carbocycles. The van der Waals surface area contributed by atoms with Gasteiger partial charge in [-0.15, -0.1) is 0 Å². The zero-order chi connectivity index (χ0) is 40.5. The molecule has 6 heteroatoms. The number of rotatable bonds is 43. The summed E-state index contributed by atoms with van der Waals surface area (Å²) in [6.45, 7) is 11.3. The van der Waals surface area contributed by atoms with Crippen LogP contribution in [0, 0.1) is 11.8 Å². The van der Waals surface area contributed by atoms with Crippen LogP contribution in [0.3, 0.4) is 0 Å². The Balaban J connectivity index is 4.31. The van der Waals surface area contributed by atoms with Crippen molar-refractivity contribution in [1.29, 1.82) is 0 Å². The van der Waals surface area contributed by atoms with Gasteiger partial charge < -0.3 is 14.2 Å². The average molecular weight is 779 g/mol. The van der Waals surface area contributed by atoms with Crippen LogP contribution < -0.4 is 0 Å². The van der Waals surface area contributed by atoms with Crippen LogP contribution in [0.15, 0.2) is 0 Å². The maximum atomic E-state index is 12.7. The highest BCUT2D eigenvalue weighted by molar-refractivity contribution is 5.71. The Labute approximate surface area is 342 Å². The van der Waals surface area contributed by atoms with Gasteiger partial charge in [0.15, 0.2) is 6.10 Å². The van der Waals surface area contributed by atoms with Gasteiger partial charge >= 0.3 is 17.9 Å². The molecule has 326 valence electrons. The minimum atomic E-state index is -0.761. The first-order valence-electron chi connectivity index (χ1n) is 24.3. The van der Waals surface area contributed by atoms with Gasteiger partial charge in [0, 0.05) is 19.3 Å². The highest BCUT2D eigenvalue weighted by Gasteiger charge is 2.19. The molecule has 0 N–H and O–H groups in total. The van der Waals surface area contributed by atoms with Crippen LogP contribution in [0.5, 0.6) is 0 Å². The van der Waals surface area contributed by atoms with Gasteiger partial charge in [-0.05, 0) is 31.1 Å². The molecule has 0 spiro atoms. The molecule has 0 aliphatic rings. The Hall–Kier alpha value is -1.59. The monoisotopic (exact) mass is 779 g/mol. The van der Waals surface area contributed by atoms with Crippen LogP contribution in [0.2, 0.25) is 0 Å². The lowest BCUT2D eigenvalue weighted by molar-refractivity contribution is -0.167. The molecule has 0 amide bonds. The first-order valence-corrected chi connectivity index (χ1v) is 24.3. The van der Waals surface area contributed by atoms with E-state index in [1.807, 2.05) is 0 Å². The van der Waals surface area contributed by atoms with E-state index in [0.717, 1.165) is 69.6 Å². The number of ether oxygens (including phenoxy) is 3. The summed E-state index contributed by atoms with van der Waals surface area (Å²) in [7, 11) is 0. The molecular weight excluding hydrogens is 685 g/mol. The zero-order valence-electron chi connectivity index (χ0n) is 37.6. The van der Waals surface area contributed by atoms with Gasteiger partial charge in [-0.2, -0.15) is 0 Å². The van der Waals surface area contributed by atoms with Crippen LogP contribution in [0.25, 0.3) is 0 Å². The van der Waals surface area contributed by atoms with Crippen LogP contribution in [-0.2, 0) is 28.6 Å². The molecule has 0 saturated heterocycles. The van der Waals surface area contributed by atoms with E-state index >= 15 is 0 Å². The molecule has 0 aromatic carbocycles. The normalized spacial score (nSPS) is 12.5. The highest BCUT2D eigenvalue weighted by atomic mass is 16.6. The summed E-state index contributed by atoms with van der Waals surface area (Å²) in [6, 6.07) is 0. The van der Waals surface area contributed by atoms with Crippen LogP contribution in [0.1, 0.15) is 266 Å². The fraction of sp³-hybridized carbons (Fsp3) is 0.939. The lowest BCUT2D eigenvalue weighted by Gasteiger charge is -2.18. The van der Waals surface area contributed by atoms with Gasteiger partial charge in [-0.1, -0.05) is 227 Å². The third-order valence-electron chi connectivity index (χ3n) is 11.3. The summed E-state index contributed by atoms with van der Waals surface area (Å²) < 4.78 is 16.7. The Bertz CT molecular complexity index is 841. The number of esters is 3. The summed E-state index contributed by atoms with van der Waals surface area (Å²) in [5, 5.41) is 0. The summed E-state index contributed by atoms with van der Waals surface area (Å²) in [4.78, 5) is 37.8. The number of hydrogen-bond acceptors (Lipinski definition) is 6. The highest BCUT2D eigenvalue weighted by Crippen LogP contribution is 2.17. The molecule has 0 bridgehead atoms. The number of unbranched alkanes of at least 4 members (excludes halogenated alkanes) is 27. The second kappa shape index (κ2) is 42.0. The fourth-order valence-electron chi connectivity index (χ4n) is 7.25. The number of carbonyl (C=O) groups is 3. The lowest BCUT2D eigenvalue weighted by atomic mass is 9.99. The topological polar surface area (TPSA) is 78.9 Å². The predicted octanol–water partition coefficient (Wildman–Crippen LogP) is 15.4. The van der Waals surface area contributed by atoms with Gasteiger partial charge in [0.25, 0.3) is 0 Å². The van der Waals surface area contributed by atoms with Crippen molar-refractivity contribution < 1.29 is 28.6 Å². The summed E-state index contributed by atoms with van der Waals surface area (Å²) in [5.41, 5.74) is 0. The molecule has 1 unspecified atom stereocenters. The third kappa shape index (κ3) is 41.9. The first-order chi connectivity index (χ1) is 26.8. The van der Waals surface area contributed by atoms with Gasteiger partial charge in [0.1, 0.15) is 13.2 Å². The Kier molecular flexibility index (Phi) is 40.8. The summed E-state index contributed by atoms with van der Waals surface area (Å²) >= 11 is 0. The second-order valence-electron chi connectivity index (χ2n) is 17.5. The van der Waals surface area contributed by atoms with E-state index in [0.29, 0.717) is 19.3 Å². The zero-order valence-corrected chi connectivity index (χ0v) is 37.6. The minimum Gasteiger partial charge on any atom is -0.462 e. The number of hydrogen-bond donors (Lipinski definition) is 0. The molecule has 0 fully saturated rings. The lowest BCUT2D eigenvalue weighted by Crippen LogP contribution is -2.30. The maximum absolute atomic E-state index is 12.7. The largest absolute Gasteiger partial charge is 0.462 e. The van der Waals surface area contributed by atoms with E-state index in [9.17, 15) is 14.4 Å². The summed E-state index contributed by atoms with van der Waals surface area (Å²) in [5.74, 6) is 0.775. The first kappa shape index (κ1) is 53.4. The molecule has 0 aromatic heterocycles. The molecule has 55 heavy (non-hydrogen) atoms. The maximum Gasteiger partial charge on any atom is 0.306 e. The van der Waals surface area contributed by atoms with Gasteiger partial charge in [0.05, 0.1) is 0 Å². The average Bonchev–Trinajstić information content (AvgIpc) is 3.17. The molecule has 0 radical (unpaired) electrons. The Morgan fingerprint density at radius 3 is 1.04 bits per heavy atom. The Morgan fingerprint density at radius 1 is 0.382 bits per heavy atom. The van der Waals surface area contributed by atoms with Crippen LogP contribution in [-0.4, -0.2) is 37.2 Å². The van der Waals surface area contributed by atoms with E-state index in [-0.39, 0.29) is 31.1 Å². The van der Waals surface area contributed by atoms with E-state index in [4.69, 9.17) is 14.2 Å². The van der Waals surface area contributed by atoms with Crippen molar-refractivity contribution >= 4 is 17.9 Å². The van der Waals surface area contributed by atoms with E-state index in [1.54, 1.807) is 0 Å². The second-order valence-corrected chi connectivity index (χ2v) is 17.5. The predicted molar refractivity (Wildman–Crippen MR) is 233 cm³/mol. The van der Waals surface area contributed by atoms with E-state index < -0.39 is 6.10 Å². The van der Waals surface area contributed by atoms with Crippen LogP contribution >= 0.6 is 0 Å². The Morgan fingerprint density at radius 2 is 0.691 bits per heavy atom. The molecule has 0 aliphatic heterocycles. The standard InChI is InChI=1S/C49H94O6/c1-6-8-9-10-11-12-13-14-15-16-21-24-31-36-41-49(52)55-46(43-54-48(51)40-35-30-26-25-27-32-37-44(3)4)42-53-47(50)39-34-29-23-20-18-17-19-22-28-33-38-45(5)7-2/h44-46H,6-43H2,1-5H3/t45?,46-/m0/s1. The minimum absolute atomic E-state index is 0.0652. The third-order valence-corrected chi connectivity index (χ3v) is 11.3. The van der Waals surface area contributed by atoms with E-state index in [1.165, 1.54) is 154 Å². The molecule has 2 atom stereocenters. The smallest absolute Gasteiger partial charge is 0.306 e. The molecular formula is C49H94O6. The SMILES string of the molecule is CCCCCCCCCCCCCCCCC(=O)O[C@@H](COC(=O)CCCCCCCCCCCCC(C)CC)COC(=O)CCCCCCCCC(C)C. The van der Waals surface area contributed by atoms with Crippen LogP contribution in [0.4, 0.5) is 0 Å². The van der Waals surface area contributed by atoms with Crippen molar-refractivity contribution in [2.24, 2.45) is 11.8 Å². The van der Waals surface area contributed by atoms with Gasteiger partial charge in [-0.3, -0.25) is 14.4 Å². The molecule has 0 aromatic rings. The molecule has 6 nitrogen and oxygen atoms in total. The van der Waals surface area contributed by atoms with Crippen molar-refractivity contribution in [2.75, 3.05) is 13.2 Å². The van der Waals surface area contributed by atoms with Crippen molar-refractivity contribution in [3.8, 4) is 0 Å².